The molecule has 8 heteroatoms. The predicted molar refractivity (Wildman–Crippen MR) is 106 cm³/mol. The molecule has 5 rings (SSSR count). The summed E-state index contributed by atoms with van der Waals surface area (Å²) in [6.07, 6.45) is 4.44. The van der Waals surface area contributed by atoms with Crippen molar-refractivity contribution in [2.24, 2.45) is 0 Å². The summed E-state index contributed by atoms with van der Waals surface area (Å²) in [5.74, 6) is -1.22. The second kappa shape index (κ2) is 6.69. The van der Waals surface area contributed by atoms with Gasteiger partial charge in [0.15, 0.2) is 0 Å². The van der Waals surface area contributed by atoms with Crippen molar-refractivity contribution in [3.8, 4) is 0 Å². The summed E-state index contributed by atoms with van der Waals surface area (Å²) in [7, 11) is 0. The highest BCUT2D eigenvalue weighted by atomic mass is 16.5. The van der Waals surface area contributed by atoms with Crippen molar-refractivity contribution in [3.05, 3.63) is 66.0 Å². The molecular formula is C22H21N4O4+. The van der Waals surface area contributed by atoms with E-state index in [-0.39, 0.29) is 11.5 Å². The Balaban J connectivity index is 1.36. The third kappa shape index (κ3) is 2.83. The lowest BCUT2D eigenvalue weighted by Gasteiger charge is -2.41. The first-order valence-corrected chi connectivity index (χ1v) is 9.92. The SMILES string of the molecule is O=C(C(=O)N1CCN(C(=O)c2ccccc2)CC12CC2)c1c[nH]c2c1ccc[n+]2O. The molecule has 1 saturated carbocycles. The number of piperazine rings is 1. The van der Waals surface area contributed by atoms with Crippen LogP contribution in [0.2, 0.25) is 0 Å². The lowest BCUT2D eigenvalue weighted by atomic mass is 10.0. The lowest BCUT2D eigenvalue weighted by molar-refractivity contribution is -0.885. The van der Waals surface area contributed by atoms with Gasteiger partial charge >= 0.3 is 5.65 Å². The van der Waals surface area contributed by atoms with Crippen LogP contribution in [0.1, 0.15) is 33.6 Å². The molecule has 0 bridgehead atoms. The average Bonchev–Trinajstić information content (AvgIpc) is 3.38. The zero-order chi connectivity index (χ0) is 20.9. The summed E-state index contributed by atoms with van der Waals surface area (Å²) in [6.45, 7) is 1.15. The molecule has 0 atom stereocenters. The monoisotopic (exact) mass is 405 g/mol. The molecule has 1 saturated heterocycles. The first-order chi connectivity index (χ1) is 14.5. The van der Waals surface area contributed by atoms with Crippen molar-refractivity contribution in [2.45, 2.75) is 18.4 Å². The number of rotatable bonds is 3. The number of pyridine rings is 1. The van der Waals surface area contributed by atoms with Gasteiger partial charge in [-0.2, -0.15) is 0 Å². The molecule has 2 N–H and O–H groups in total. The number of fused-ring (bicyclic) bond motifs is 1. The van der Waals surface area contributed by atoms with Gasteiger partial charge in [-0.1, -0.05) is 22.9 Å². The number of H-pyrrole nitrogens is 1. The highest BCUT2D eigenvalue weighted by molar-refractivity contribution is 6.45. The molecule has 2 aromatic heterocycles. The minimum atomic E-state index is -0.610. The fraction of sp³-hybridized carbons (Fsp3) is 0.273. The Hall–Kier alpha value is -3.68. The highest BCUT2D eigenvalue weighted by Crippen LogP contribution is 2.44. The zero-order valence-electron chi connectivity index (χ0n) is 16.2. The molecule has 0 unspecified atom stereocenters. The number of aromatic amines is 1. The minimum absolute atomic E-state index is 0.0515. The largest absolute Gasteiger partial charge is 0.350 e. The van der Waals surface area contributed by atoms with Crippen LogP contribution in [0.5, 0.6) is 0 Å². The van der Waals surface area contributed by atoms with Gasteiger partial charge in [0.25, 0.3) is 17.6 Å². The minimum Gasteiger partial charge on any atom is -0.350 e. The van der Waals surface area contributed by atoms with E-state index in [1.54, 1.807) is 34.1 Å². The Morgan fingerprint density at radius 1 is 1.03 bits per heavy atom. The molecule has 2 aliphatic rings. The number of carbonyl (C=O) groups is 3. The maximum atomic E-state index is 13.1. The van der Waals surface area contributed by atoms with E-state index in [9.17, 15) is 19.6 Å². The van der Waals surface area contributed by atoms with E-state index in [0.717, 1.165) is 17.6 Å². The molecule has 3 heterocycles. The first-order valence-electron chi connectivity index (χ1n) is 9.92. The average molecular weight is 405 g/mol. The van der Waals surface area contributed by atoms with Crippen LogP contribution >= 0.6 is 0 Å². The molecule has 1 aliphatic heterocycles. The van der Waals surface area contributed by atoms with Crippen molar-refractivity contribution in [2.75, 3.05) is 19.6 Å². The van der Waals surface area contributed by atoms with Crippen LogP contribution in [-0.2, 0) is 4.79 Å². The Bertz CT molecular complexity index is 1170. The number of benzene rings is 1. The van der Waals surface area contributed by atoms with Crippen LogP contribution in [0, 0.1) is 0 Å². The van der Waals surface area contributed by atoms with Crippen molar-refractivity contribution in [1.29, 1.82) is 0 Å². The van der Waals surface area contributed by atoms with Gasteiger partial charge in [-0.05, 0) is 37.1 Å². The topological polar surface area (TPSA) is 97.6 Å². The fourth-order valence-corrected chi connectivity index (χ4v) is 4.31. The van der Waals surface area contributed by atoms with Crippen LogP contribution in [0.4, 0.5) is 0 Å². The molecule has 8 nitrogen and oxygen atoms in total. The summed E-state index contributed by atoms with van der Waals surface area (Å²) in [6, 6.07) is 12.4. The summed E-state index contributed by atoms with van der Waals surface area (Å²) in [5.41, 5.74) is 0.753. The molecule has 1 spiro atoms. The molecule has 152 valence electrons. The van der Waals surface area contributed by atoms with Crippen molar-refractivity contribution >= 4 is 28.6 Å². The van der Waals surface area contributed by atoms with E-state index in [0.29, 0.717) is 36.2 Å². The maximum absolute atomic E-state index is 13.1. The number of nitrogens with zero attached hydrogens (tertiary/aromatic N) is 3. The van der Waals surface area contributed by atoms with Gasteiger partial charge in [0, 0.05) is 25.2 Å². The molecule has 3 aromatic rings. The third-order valence-electron chi connectivity index (χ3n) is 6.09. The Morgan fingerprint density at radius 3 is 2.53 bits per heavy atom. The number of amides is 2. The summed E-state index contributed by atoms with van der Waals surface area (Å²) in [5, 5.41) is 10.4. The van der Waals surface area contributed by atoms with Crippen molar-refractivity contribution < 1.29 is 24.3 Å². The molecule has 2 fully saturated rings. The van der Waals surface area contributed by atoms with E-state index in [2.05, 4.69) is 4.98 Å². The van der Waals surface area contributed by atoms with Gasteiger partial charge in [0.2, 0.25) is 0 Å². The van der Waals surface area contributed by atoms with Crippen LogP contribution in [0.3, 0.4) is 0 Å². The lowest BCUT2D eigenvalue weighted by Crippen LogP contribution is -2.59. The second-order valence-corrected chi connectivity index (χ2v) is 7.92. The van der Waals surface area contributed by atoms with E-state index < -0.39 is 17.2 Å². The Labute approximate surface area is 172 Å². The number of ketones is 1. The van der Waals surface area contributed by atoms with Gasteiger partial charge in [-0.25, -0.2) is 4.98 Å². The third-order valence-corrected chi connectivity index (χ3v) is 6.09. The van der Waals surface area contributed by atoms with E-state index in [4.69, 9.17) is 0 Å². The highest BCUT2D eigenvalue weighted by Gasteiger charge is 2.55. The van der Waals surface area contributed by atoms with Gasteiger partial charge < -0.3 is 15.0 Å². The quantitative estimate of drug-likeness (QED) is 0.298. The molecule has 30 heavy (non-hydrogen) atoms. The molecule has 2 amide bonds. The van der Waals surface area contributed by atoms with Gasteiger partial charge in [-0.3, -0.25) is 14.4 Å². The summed E-state index contributed by atoms with van der Waals surface area (Å²) >= 11 is 0. The smallest absolute Gasteiger partial charge is 0.326 e. The van der Waals surface area contributed by atoms with E-state index in [1.165, 1.54) is 12.4 Å². The van der Waals surface area contributed by atoms with Crippen LogP contribution in [0.25, 0.3) is 11.0 Å². The van der Waals surface area contributed by atoms with Crippen molar-refractivity contribution in [1.82, 2.24) is 14.8 Å². The van der Waals surface area contributed by atoms with Crippen molar-refractivity contribution in [3.63, 3.8) is 0 Å². The number of carbonyl (C=O) groups excluding carboxylic acids is 3. The Morgan fingerprint density at radius 2 is 1.80 bits per heavy atom. The normalized spacial score (nSPS) is 17.3. The van der Waals surface area contributed by atoms with Gasteiger partial charge in [0.1, 0.15) is 12.4 Å². The number of Topliss-reactive ketones (excluding diaryl/α,β-unsaturated/α-hetero) is 1. The van der Waals surface area contributed by atoms with Crippen LogP contribution in [0.15, 0.2) is 54.9 Å². The fourth-order valence-electron chi connectivity index (χ4n) is 4.31. The number of nitrogens with one attached hydrogen (secondary N) is 1. The van der Waals surface area contributed by atoms with Gasteiger partial charge in [0.05, 0.1) is 16.5 Å². The van der Waals surface area contributed by atoms with Crippen LogP contribution in [-0.4, -0.2) is 62.8 Å². The summed E-state index contributed by atoms with van der Waals surface area (Å²) in [4.78, 5) is 45.2. The predicted octanol–water partition coefficient (Wildman–Crippen LogP) is 1.39. The van der Waals surface area contributed by atoms with Gasteiger partial charge in [-0.15, -0.1) is 0 Å². The first kappa shape index (κ1) is 18.4. The second-order valence-electron chi connectivity index (χ2n) is 7.92. The van der Waals surface area contributed by atoms with Crippen LogP contribution < -0.4 is 4.73 Å². The van der Waals surface area contributed by atoms with E-state index in [1.807, 2.05) is 18.2 Å². The standard InChI is InChI=1S/C22H20N4O4/c27-18(17-13-23-19-16(17)7-4-10-26(19)30)21(29)25-12-11-24(14-22(25)8-9-22)20(28)15-5-2-1-3-6-15/h1-7,10,13,30H,8-9,11-12,14H2/p+1. The zero-order valence-corrected chi connectivity index (χ0v) is 16.2. The molecular weight excluding hydrogens is 384 g/mol. The number of aromatic nitrogens is 2. The molecule has 0 radical (unpaired) electrons. The number of hydrogen-bond acceptors (Lipinski definition) is 4. The Kier molecular flexibility index (Phi) is 4.09. The molecule has 1 aliphatic carbocycles. The van der Waals surface area contributed by atoms with E-state index >= 15 is 0 Å². The number of hydrogen-bond donors (Lipinski definition) is 2. The summed E-state index contributed by atoms with van der Waals surface area (Å²) < 4.78 is 0.882. The molecule has 1 aromatic carbocycles. The maximum Gasteiger partial charge on any atom is 0.326 e.